The van der Waals surface area contributed by atoms with Crippen molar-refractivity contribution < 1.29 is 0 Å². The van der Waals surface area contributed by atoms with Gasteiger partial charge < -0.3 is 5.32 Å². The third-order valence-electron chi connectivity index (χ3n) is 3.20. The number of rotatable bonds is 11. The molecule has 15 heavy (non-hydrogen) atoms. The maximum absolute atomic E-state index is 3.52. The van der Waals surface area contributed by atoms with Gasteiger partial charge in [0.1, 0.15) is 0 Å². The molecule has 0 radical (unpaired) electrons. The third-order valence-corrected chi connectivity index (χ3v) is 3.20. The Morgan fingerprint density at radius 2 is 1.53 bits per heavy atom. The topological polar surface area (TPSA) is 12.0 Å². The van der Waals surface area contributed by atoms with Crippen LogP contribution in [-0.4, -0.2) is 13.1 Å². The van der Waals surface area contributed by atoms with Gasteiger partial charge in [-0.15, -0.1) is 0 Å². The van der Waals surface area contributed by atoms with Crippen molar-refractivity contribution in [3.63, 3.8) is 0 Å². The Morgan fingerprint density at radius 1 is 0.867 bits per heavy atom. The molecule has 0 saturated carbocycles. The molecule has 0 heterocycles. The van der Waals surface area contributed by atoms with Gasteiger partial charge in [-0.2, -0.15) is 0 Å². The van der Waals surface area contributed by atoms with Gasteiger partial charge in [-0.3, -0.25) is 0 Å². The smallest absolute Gasteiger partial charge is 0.00489 e. The van der Waals surface area contributed by atoms with Crippen molar-refractivity contribution in [2.45, 2.75) is 72.1 Å². The van der Waals surface area contributed by atoms with Gasteiger partial charge in [0.25, 0.3) is 0 Å². The molecule has 0 aliphatic heterocycles. The summed E-state index contributed by atoms with van der Waals surface area (Å²) >= 11 is 0. The van der Waals surface area contributed by atoms with Crippen molar-refractivity contribution in [3.8, 4) is 0 Å². The lowest BCUT2D eigenvalue weighted by Crippen LogP contribution is -2.16. The first-order chi connectivity index (χ1) is 7.31. The molecule has 1 nitrogen and oxygen atoms in total. The second-order valence-corrected chi connectivity index (χ2v) is 4.82. The van der Waals surface area contributed by atoms with Crippen LogP contribution in [-0.2, 0) is 0 Å². The van der Waals surface area contributed by atoms with Crippen LogP contribution >= 0.6 is 0 Å². The Morgan fingerprint density at radius 3 is 2.13 bits per heavy atom. The maximum atomic E-state index is 3.52. The van der Waals surface area contributed by atoms with E-state index in [0.717, 1.165) is 5.92 Å². The molecule has 0 amide bonds. The molecular formula is C14H31N. The van der Waals surface area contributed by atoms with Crippen LogP contribution in [0.4, 0.5) is 0 Å². The first-order valence-electron chi connectivity index (χ1n) is 7.02. The van der Waals surface area contributed by atoms with E-state index in [4.69, 9.17) is 0 Å². The molecule has 1 atom stereocenters. The van der Waals surface area contributed by atoms with Crippen LogP contribution < -0.4 is 5.32 Å². The average Bonchev–Trinajstić information content (AvgIpc) is 2.26. The minimum absolute atomic E-state index is 0.933. The highest BCUT2D eigenvalue weighted by molar-refractivity contribution is 4.53. The minimum atomic E-state index is 0.933. The fourth-order valence-corrected chi connectivity index (χ4v) is 1.75. The Bertz CT molecular complexity index is 112. The number of hydrogen-bond acceptors (Lipinski definition) is 1. The van der Waals surface area contributed by atoms with Crippen LogP contribution in [0.15, 0.2) is 0 Å². The first-order valence-corrected chi connectivity index (χ1v) is 7.02. The van der Waals surface area contributed by atoms with E-state index in [2.05, 4.69) is 26.1 Å². The van der Waals surface area contributed by atoms with Gasteiger partial charge in [-0.25, -0.2) is 0 Å². The Labute approximate surface area is 97.0 Å². The number of nitrogens with one attached hydrogen (secondary N) is 1. The summed E-state index contributed by atoms with van der Waals surface area (Å²) in [7, 11) is 0. The molecule has 0 unspecified atom stereocenters. The van der Waals surface area contributed by atoms with Crippen molar-refractivity contribution in [1.82, 2.24) is 5.32 Å². The zero-order valence-corrected chi connectivity index (χ0v) is 11.1. The number of unbranched alkanes of at least 4 members (excludes halogenated alkanes) is 4. The Balaban J connectivity index is 2.92. The lowest BCUT2D eigenvalue weighted by molar-refractivity contribution is 0.472. The fraction of sp³-hybridized carbons (Fsp3) is 1.00. The molecule has 0 bridgehead atoms. The molecule has 0 rings (SSSR count). The van der Waals surface area contributed by atoms with Gasteiger partial charge in [0.2, 0.25) is 0 Å². The average molecular weight is 213 g/mol. The van der Waals surface area contributed by atoms with E-state index in [9.17, 15) is 0 Å². The van der Waals surface area contributed by atoms with E-state index in [-0.39, 0.29) is 0 Å². The summed E-state index contributed by atoms with van der Waals surface area (Å²) in [5, 5.41) is 3.52. The summed E-state index contributed by atoms with van der Waals surface area (Å²) in [6.45, 7) is 9.36. The van der Waals surface area contributed by atoms with Crippen LogP contribution in [0, 0.1) is 5.92 Å². The van der Waals surface area contributed by atoms with Crippen molar-refractivity contribution in [1.29, 1.82) is 0 Å². The van der Waals surface area contributed by atoms with E-state index in [1.807, 2.05) is 0 Å². The molecule has 0 aliphatic rings. The molecule has 0 aromatic heterocycles. The highest BCUT2D eigenvalue weighted by Gasteiger charge is 1.97. The molecule has 0 aliphatic carbocycles. The van der Waals surface area contributed by atoms with E-state index < -0.39 is 0 Å². The van der Waals surface area contributed by atoms with Crippen LogP contribution in [0.5, 0.6) is 0 Å². The highest BCUT2D eigenvalue weighted by Crippen LogP contribution is 2.11. The van der Waals surface area contributed by atoms with E-state index in [1.54, 1.807) is 0 Å². The van der Waals surface area contributed by atoms with Crippen LogP contribution in [0.25, 0.3) is 0 Å². The standard InChI is InChI=1S/C14H31N/c1-4-6-9-12-15-13-10-7-8-11-14(3)5-2/h14-15H,4-13H2,1-3H3/t14-/m0/s1. The molecule has 0 spiro atoms. The zero-order valence-electron chi connectivity index (χ0n) is 11.1. The van der Waals surface area contributed by atoms with Gasteiger partial charge in [-0.05, 0) is 31.8 Å². The molecule has 0 saturated heterocycles. The van der Waals surface area contributed by atoms with Gasteiger partial charge >= 0.3 is 0 Å². The summed E-state index contributed by atoms with van der Waals surface area (Å²) in [6.07, 6.45) is 11.0. The highest BCUT2D eigenvalue weighted by atomic mass is 14.8. The quantitative estimate of drug-likeness (QED) is 0.502. The Hall–Kier alpha value is -0.0400. The lowest BCUT2D eigenvalue weighted by Gasteiger charge is -2.08. The molecule has 0 fully saturated rings. The summed E-state index contributed by atoms with van der Waals surface area (Å²) in [5.74, 6) is 0.933. The SMILES string of the molecule is CCCCCNCCCCC[C@@H](C)CC. The maximum Gasteiger partial charge on any atom is -0.00489 e. The summed E-state index contributed by atoms with van der Waals surface area (Å²) in [4.78, 5) is 0. The Kier molecular flexibility index (Phi) is 12.0. The predicted molar refractivity (Wildman–Crippen MR) is 70.3 cm³/mol. The molecule has 0 aromatic rings. The van der Waals surface area contributed by atoms with Crippen molar-refractivity contribution in [2.75, 3.05) is 13.1 Å². The molecule has 92 valence electrons. The zero-order chi connectivity index (χ0) is 11.4. The molecule has 1 N–H and O–H groups in total. The summed E-state index contributed by atoms with van der Waals surface area (Å²) in [5.41, 5.74) is 0. The largest absolute Gasteiger partial charge is 0.317 e. The predicted octanol–water partition coefficient (Wildman–Crippen LogP) is 4.37. The van der Waals surface area contributed by atoms with Gasteiger partial charge in [0.15, 0.2) is 0 Å². The van der Waals surface area contributed by atoms with Crippen LogP contribution in [0.1, 0.15) is 72.1 Å². The normalized spacial score (nSPS) is 13.0. The number of hydrogen-bond donors (Lipinski definition) is 1. The minimum Gasteiger partial charge on any atom is -0.317 e. The van der Waals surface area contributed by atoms with Crippen molar-refractivity contribution >= 4 is 0 Å². The van der Waals surface area contributed by atoms with Gasteiger partial charge in [-0.1, -0.05) is 59.3 Å². The van der Waals surface area contributed by atoms with Gasteiger partial charge in [0.05, 0.1) is 0 Å². The van der Waals surface area contributed by atoms with E-state index >= 15 is 0 Å². The summed E-state index contributed by atoms with van der Waals surface area (Å²) in [6, 6.07) is 0. The molecule has 0 aromatic carbocycles. The van der Waals surface area contributed by atoms with Crippen LogP contribution in [0.3, 0.4) is 0 Å². The van der Waals surface area contributed by atoms with E-state index in [1.165, 1.54) is 64.5 Å². The van der Waals surface area contributed by atoms with Crippen molar-refractivity contribution in [3.05, 3.63) is 0 Å². The molecule has 1 heteroatoms. The monoisotopic (exact) mass is 213 g/mol. The first kappa shape index (κ1) is 15.0. The van der Waals surface area contributed by atoms with E-state index in [0.29, 0.717) is 0 Å². The fourth-order valence-electron chi connectivity index (χ4n) is 1.75. The second kappa shape index (κ2) is 12.0. The lowest BCUT2D eigenvalue weighted by atomic mass is 10.0. The third kappa shape index (κ3) is 11.9. The van der Waals surface area contributed by atoms with Crippen LogP contribution in [0.2, 0.25) is 0 Å². The van der Waals surface area contributed by atoms with Crippen molar-refractivity contribution in [2.24, 2.45) is 5.92 Å². The molecular weight excluding hydrogens is 182 g/mol. The summed E-state index contributed by atoms with van der Waals surface area (Å²) < 4.78 is 0. The second-order valence-electron chi connectivity index (χ2n) is 4.82. The van der Waals surface area contributed by atoms with Gasteiger partial charge in [0, 0.05) is 0 Å².